The Bertz CT molecular complexity index is 839. The number of ether oxygens (including phenoxy) is 1. The van der Waals surface area contributed by atoms with E-state index in [0.29, 0.717) is 18.7 Å². The number of fused-ring (bicyclic) bond motifs is 3. The summed E-state index contributed by atoms with van der Waals surface area (Å²) in [7, 11) is 0. The monoisotopic (exact) mass is 283 g/mol. The lowest BCUT2D eigenvalue weighted by Crippen LogP contribution is -2.06. The first-order valence-electron chi connectivity index (χ1n) is 6.52. The number of carbonyl (C=O) groups is 2. The molecule has 1 amide bonds. The molecule has 3 aromatic rings. The van der Waals surface area contributed by atoms with Crippen molar-refractivity contribution in [3.63, 3.8) is 0 Å². The Morgan fingerprint density at radius 1 is 1.43 bits per heavy atom. The Morgan fingerprint density at radius 2 is 2.29 bits per heavy atom. The third-order valence-electron chi connectivity index (χ3n) is 3.21. The number of aromatic amines is 1. The molecule has 0 radical (unpaired) electrons. The van der Waals surface area contributed by atoms with Gasteiger partial charge in [0.25, 0.3) is 0 Å². The normalized spacial score (nSPS) is 10.7. The van der Waals surface area contributed by atoms with E-state index in [4.69, 9.17) is 4.74 Å². The maximum absolute atomic E-state index is 11.8. The van der Waals surface area contributed by atoms with Crippen molar-refractivity contribution >= 4 is 39.9 Å². The molecule has 0 spiro atoms. The first-order chi connectivity index (χ1) is 10.2. The van der Waals surface area contributed by atoms with E-state index >= 15 is 0 Å². The number of benzene rings is 1. The summed E-state index contributed by atoms with van der Waals surface area (Å²) in [5, 5.41) is 4.32. The molecule has 0 bridgehead atoms. The van der Waals surface area contributed by atoms with Crippen LogP contribution < -0.4 is 5.32 Å². The molecule has 2 heterocycles. The van der Waals surface area contributed by atoms with Crippen molar-refractivity contribution in [1.29, 1.82) is 0 Å². The van der Waals surface area contributed by atoms with Crippen LogP contribution in [0.3, 0.4) is 0 Å². The lowest BCUT2D eigenvalue weighted by Gasteiger charge is -2.03. The number of esters is 1. The Balaban J connectivity index is 2.25. The maximum Gasteiger partial charge on any atom is 0.356 e. The molecule has 106 valence electrons. The van der Waals surface area contributed by atoms with Crippen LogP contribution in [0, 0.1) is 0 Å². The van der Waals surface area contributed by atoms with E-state index in [1.54, 1.807) is 25.3 Å². The van der Waals surface area contributed by atoms with Crippen LogP contribution in [0.4, 0.5) is 5.69 Å². The molecule has 0 aliphatic rings. The molecule has 0 fully saturated rings. The fraction of sp³-hybridized carbons (Fsp3) is 0.133. The van der Waals surface area contributed by atoms with Crippen LogP contribution in [-0.4, -0.2) is 29.0 Å². The van der Waals surface area contributed by atoms with Gasteiger partial charge in [-0.2, -0.15) is 0 Å². The second kappa shape index (κ2) is 5.24. The lowest BCUT2D eigenvalue weighted by molar-refractivity contribution is -0.105. The predicted molar refractivity (Wildman–Crippen MR) is 79.2 cm³/mol. The van der Waals surface area contributed by atoms with Crippen molar-refractivity contribution in [2.75, 3.05) is 11.9 Å². The standard InChI is InChI=1S/C15H13N3O3/c1-2-21-15(20)12-6-9-13(7-16-12)18-11-5-3-4-10(14(9)11)17-8-19/h3-8,18H,2H2,1H3,(H,17,19). The largest absolute Gasteiger partial charge is 0.461 e. The smallest absolute Gasteiger partial charge is 0.356 e. The van der Waals surface area contributed by atoms with E-state index in [2.05, 4.69) is 15.3 Å². The molecule has 3 rings (SSSR count). The Labute approximate surface area is 120 Å². The summed E-state index contributed by atoms with van der Waals surface area (Å²) < 4.78 is 4.96. The average Bonchev–Trinajstić information content (AvgIpc) is 2.86. The van der Waals surface area contributed by atoms with Crippen LogP contribution in [-0.2, 0) is 9.53 Å². The van der Waals surface area contributed by atoms with Gasteiger partial charge in [0.1, 0.15) is 5.69 Å². The van der Waals surface area contributed by atoms with Crippen molar-refractivity contribution < 1.29 is 14.3 Å². The van der Waals surface area contributed by atoms with Crippen molar-refractivity contribution in [3.05, 3.63) is 36.2 Å². The first kappa shape index (κ1) is 13.1. The van der Waals surface area contributed by atoms with E-state index in [9.17, 15) is 9.59 Å². The quantitative estimate of drug-likeness (QED) is 0.569. The second-order valence-corrected chi connectivity index (χ2v) is 4.45. The lowest BCUT2D eigenvalue weighted by atomic mass is 10.1. The summed E-state index contributed by atoms with van der Waals surface area (Å²) in [5.41, 5.74) is 2.57. The number of nitrogens with one attached hydrogen (secondary N) is 2. The Hall–Kier alpha value is -2.89. The number of nitrogens with zero attached hydrogens (tertiary/aromatic N) is 1. The van der Waals surface area contributed by atoms with Gasteiger partial charge in [-0.05, 0) is 25.1 Å². The zero-order valence-electron chi connectivity index (χ0n) is 11.3. The molecule has 0 atom stereocenters. The highest BCUT2D eigenvalue weighted by molar-refractivity contribution is 6.15. The molecule has 21 heavy (non-hydrogen) atoms. The first-order valence-corrected chi connectivity index (χ1v) is 6.52. The number of anilines is 1. The summed E-state index contributed by atoms with van der Waals surface area (Å²) in [6.07, 6.45) is 2.22. The molecule has 0 aliphatic heterocycles. The fourth-order valence-corrected chi connectivity index (χ4v) is 2.35. The molecule has 2 aromatic heterocycles. The fourth-order valence-electron chi connectivity index (χ4n) is 2.35. The maximum atomic E-state index is 11.8. The van der Waals surface area contributed by atoms with E-state index in [-0.39, 0.29) is 5.69 Å². The zero-order chi connectivity index (χ0) is 14.8. The molecule has 6 heteroatoms. The van der Waals surface area contributed by atoms with Crippen LogP contribution in [0.25, 0.3) is 21.8 Å². The van der Waals surface area contributed by atoms with E-state index in [1.165, 1.54) is 0 Å². The van der Waals surface area contributed by atoms with Gasteiger partial charge < -0.3 is 15.0 Å². The molecular weight excluding hydrogens is 270 g/mol. The molecule has 2 N–H and O–H groups in total. The van der Waals surface area contributed by atoms with E-state index in [1.807, 2.05) is 12.1 Å². The highest BCUT2D eigenvalue weighted by Gasteiger charge is 2.13. The van der Waals surface area contributed by atoms with Gasteiger partial charge in [0.15, 0.2) is 0 Å². The van der Waals surface area contributed by atoms with Crippen LogP contribution in [0.15, 0.2) is 30.5 Å². The van der Waals surface area contributed by atoms with Crippen molar-refractivity contribution in [2.45, 2.75) is 6.92 Å². The topological polar surface area (TPSA) is 84.1 Å². The zero-order valence-corrected chi connectivity index (χ0v) is 11.3. The van der Waals surface area contributed by atoms with Gasteiger partial charge in [-0.15, -0.1) is 0 Å². The van der Waals surface area contributed by atoms with Crippen molar-refractivity contribution in [3.8, 4) is 0 Å². The highest BCUT2D eigenvalue weighted by Crippen LogP contribution is 2.31. The number of aromatic nitrogens is 2. The van der Waals surface area contributed by atoms with Gasteiger partial charge >= 0.3 is 5.97 Å². The SMILES string of the molecule is CCOC(=O)c1cc2c(cn1)[nH]c1cccc(NC=O)c12. The van der Waals surface area contributed by atoms with Crippen LogP contribution in [0.1, 0.15) is 17.4 Å². The number of carbonyl (C=O) groups excluding carboxylic acids is 2. The summed E-state index contributed by atoms with van der Waals surface area (Å²) in [6.45, 7) is 2.04. The number of H-pyrrole nitrogens is 1. The van der Waals surface area contributed by atoms with Gasteiger partial charge in [0.05, 0.1) is 24.0 Å². The average molecular weight is 283 g/mol. The molecule has 6 nitrogen and oxygen atoms in total. The summed E-state index contributed by atoms with van der Waals surface area (Å²) in [6, 6.07) is 7.20. The molecule has 1 aromatic carbocycles. The second-order valence-electron chi connectivity index (χ2n) is 4.45. The van der Waals surface area contributed by atoms with E-state index in [0.717, 1.165) is 21.8 Å². The summed E-state index contributed by atoms with van der Waals surface area (Å²) >= 11 is 0. The number of hydrogen-bond acceptors (Lipinski definition) is 4. The van der Waals surface area contributed by atoms with Crippen LogP contribution in [0.2, 0.25) is 0 Å². The Kier molecular flexibility index (Phi) is 3.27. The van der Waals surface area contributed by atoms with Gasteiger partial charge in [-0.25, -0.2) is 9.78 Å². The molecular formula is C15H13N3O3. The van der Waals surface area contributed by atoms with Crippen LogP contribution >= 0.6 is 0 Å². The van der Waals surface area contributed by atoms with Gasteiger partial charge in [0.2, 0.25) is 6.41 Å². The minimum Gasteiger partial charge on any atom is -0.461 e. The molecule has 0 unspecified atom stereocenters. The van der Waals surface area contributed by atoms with Gasteiger partial charge in [-0.3, -0.25) is 4.79 Å². The summed E-state index contributed by atoms with van der Waals surface area (Å²) in [4.78, 5) is 29.8. The molecule has 0 aliphatic carbocycles. The number of rotatable bonds is 4. The number of pyridine rings is 1. The summed E-state index contributed by atoms with van der Waals surface area (Å²) in [5.74, 6) is -0.463. The van der Waals surface area contributed by atoms with Crippen molar-refractivity contribution in [1.82, 2.24) is 9.97 Å². The van der Waals surface area contributed by atoms with Crippen LogP contribution in [0.5, 0.6) is 0 Å². The third kappa shape index (κ3) is 2.20. The number of amides is 1. The minimum absolute atomic E-state index is 0.242. The van der Waals surface area contributed by atoms with Gasteiger partial charge in [-0.1, -0.05) is 6.07 Å². The molecule has 0 saturated carbocycles. The predicted octanol–water partition coefficient (Wildman–Crippen LogP) is 2.46. The third-order valence-corrected chi connectivity index (χ3v) is 3.21. The van der Waals surface area contributed by atoms with E-state index < -0.39 is 5.97 Å². The highest BCUT2D eigenvalue weighted by atomic mass is 16.5. The minimum atomic E-state index is -0.463. The number of hydrogen-bond donors (Lipinski definition) is 2. The Morgan fingerprint density at radius 3 is 3.05 bits per heavy atom. The molecule has 0 saturated heterocycles. The van der Waals surface area contributed by atoms with Crippen molar-refractivity contribution in [2.24, 2.45) is 0 Å². The van der Waals surface area contributed by atoms with Gasteiger partial charge in [0, 0.05) is 16.3 Å².